The second-order valence-electron chi connectivity index (χ2n) is 5.54. The molecule has 1 aromatic carbocycles. The first kappa shape index (κ1) is 15.9. The number of hydrogen-bond donors (Lipinski definition) is 2. The van der Waals surface area contributed by atoms with Crippen LogP contribution in [0.3, 0.4) is 0 Å². The summed E-state index contributed by atoms with van der Waals surface area (Å²) in [5.74, 6) is -0.765. The van der Waals surface area contributed by atoms with Crippen LogP contribution in [0.15, 0.2) is 24.3 Å². The Morgan fingerprint density at radius 3 is 2.90 bits per heavy atom. The number of carbonyl (C=O) groups is 1. The molecular weight excluding hydrogens is 271 g/mol. The van der Waals surface area contributed by atoms with Crippen molar-refractivity contribution in [2.75, 3.05) is 11.9 Å². The van der Waals surface area contributed by atoms with Crippen molar-refractivity contribution in [2.24, 2.45) is 0 Å². The maximum Gasteiger partial charge on any atom is 0.250 e. The molecule has 116 valence electrons. The predicted molar refractivity (Wildman–Crippen MR) is 80.7 cm³/mol. The summed E-state index contributed by atoms with van der Waals surface area (Å²) in [5.41, 5.74) is 0.188. The van der Waals surface area contributed by atoms with E-state index in [1.807, 2.05) is 0 Å². The zero-order valence-corrected chi connectivity index (χ0v) is 12.6. The Balaban J connectivity index is 1.82. The van der Waals surface area contributed by atoms with Crippen LogP contribution in [0.5, 0.6) is 0 Å². The number of ether oxygens (including phenoxy) is 1. The lowest BCUT2D eigenvalue weighted by Crippen LogP contribution is -2.50. The van der Waals surface area contributed by atoms with Crippen LogP contribution in [-0.4, -0.2) is 30.7 Å². The molecular formula is C16H23FN2O2. The molecule has 1 aliphatic rings. The molecule has 2 N–H and O–H groups in total. The van der Waals surface area contributed by atoms with Gasteiger partial charge in [-0.25, -0.2) is 4.39 Å². The Hall–Kier alpha value is -1.46. The first-order valence-electron chi connectivity index (χ1n) is 7.52. The van der Waals surface area contributed by atoms with Crippen molar-refractivity contribution < 1.29 is 13.9 Å². The van der Waals surface area contributed by atoms with Crippen molar-refractivity contribution in [1.82, 2.24) is 5.32 Å². The fourth-order valence-corrected chi connectivity index (χ4v) is 2.68. The van der Waals surface area contributed by atoms with Crippen molar-refractivity contribution in [2.45, 2.75) is 51.3 Å². The van der Waals surface area contributed by atoms with E-state index in [9.17, 15) is 9.18 Å². The summed E-state index contributed by atoms with van der Waals surface area (Å²) in [4.78, 5) is 11.8. The number of carbonyl (C=O) groups excluding carboxylic acids is 1. The minimum absolute atomic E-state index is 0.0394. The number of anilines is 1. The smallest absolute Gasteiger partial charge is 0.250 e. The fraction of sp³-hybridized carbons (Fsp3) is 0.562. The number of benzene rings is 1. The average Bonchev–Trinajstić information content (AvgIpc) is 2.48. The number of hydrogen-bond acceptors (Lipinski definition) is 3. The summed E-state index contributed by atoms with van der Waals surface area (Å²) in [6, 6.07) is 6.88. The Labute approximate surface area is 125 Å². The van der Waals surface area contributed by atoms with Crippen LogP contribution in [0.1, 0.15) is 33.1 Å². The van der Waals surface area contributed by atoms with Crippen molar-refractivity contribution in [1.29, 1.82) is 0 Å². The molecule has 3 atom stereocenters. The molecule has 1 aromatic rings. The third-order valence-corrected chi connectivity index (χ3v) is 3.85. The molecule has 0 aromatic heterocycles. The molecule has 0 saturated carbocycles. The molecule has 21 heavy (non-hydrogen) atoms. The summed E-state index contributed by atoms with van der Waals surface area (Å²) < 4.78 is 19.2. The standard InChI is InChI=1S/C16H23FN2O2/c1-3-13-15(9-8-11(2)18-13)21-10-16(20)19-14-7-5-4-6-12(14)17/h4-7,11,13,15,18H,3,8-10H2,1-2H3,(H,19,20). The second-order valence-corrected chi connectivity index (χ2v) is 5.54. The highest BCUT2D eigenvalue weighted by Gasteiger charge is 2.27. The van der Waals surface area contributed by atoms with E-state index in [1.54, 1.807) is 12.1 Å². The molecule has 0 spiro atoms. The van der Waals surface area contributed by atoms with Gasteiger partial charge in [0.15, 0.2) is 0 Å². The molecule has 1 saturated heterocycles. The van der Waals surface area contributed by atoms with E-state index >= 15 is 0 Å². The van der Waals surface area contributed by atoms with Crippen LogP contribution in [0.4, 0.5) is 10.1 Å². The van der Waals surface area contributed by atoms with E-state index in [0.717, 1.165) is 19.3 Å². The highest BCUT2D eigenvalue weighted by atomic mass is 19.1. The monoisotopic (exact) mass is 294 g/mol. The van der Waals surface area contributed by atoms with E-state index in [0.29, 0.717) is 6.04 Å². The Morgan fingerprint density at radius 1 is 1.43 bits per heavy atom. The van der Waals surface area contributed by atoms with Crippen LogP contribution in [0.25, 0.3) is 0 Å². The SMILES string of the molecule is CCC1NC(C)CCC1OCC(=O)Nc1ccccc1F. The third kappa shape index (κ3) is 4.51. The normalized spacial score (nSPS) is 25.6. The van der Waals surface area contributed by atoms with Crippen LogP contribution in [0, 0.1) is 5.82 Å². The van der Waals surface area contributed by atoms with Gasteiger partial charge in [0.1, 0.15) is 12.4 Å². The summed E-state index contributed by atoms with van der Waals surface area (Å²) in [5, 5.41) is 6.01. The second kappa shape index (κ2) is 7.52. The highest BCUT2D eigenvalue weighted by molar-refractivity contribution is 5.91. The zero-order chi connectivity index (χ0) is 15.2. The summed E-state index contributed by atoms with van der Waals surface area (Å²) >= 11 is 0. The summed E-state index contributed by atoms with van der Waals surface area (Å²) in [6.45, 7) is 4.21. The Bertz CT molecular complexity index is 481. The van der Waals surface area contributed by atoms with Crippen LogP contribution < -0.4 is 10.6 Å². The Morgan fingerprint density at radius 2 is 2.19 bits per heavy atom. The van der Waals surface area contributed by atoms with Gasteiger partial charge in [0, 0.05) is 12.1 Å². The molecule has 5 heteroatoms. The molecule has 1 aliphatic heterocycles. The number of halogens is 1. The number of amides is 1. The van der Waals surface area contributed by atoms with Crippen LogP contribution in [-0.2, 0) is 9.53 Å². The quantitative estimate of drug-likeness (QED) is 0.878. The van der Waals surface area contributed by atoms with Gasteiger partial charge in [0.05, 0.1) is 11.8 Å². The molecule has 0 aliphatic carbocycles. The molecule has 3 unspecified atom stereocenters. The molecule has 1 fully saturated rings. The minimum atomic E-state index is -0.439. The first-order valence-corrected chi connectivity index (χ1v) is 7.52. The molecule has 2 rings (SSSR count). The van der Waals surface area contributed by atoms with Crippen molar-refractivity contribution >= 4 is 11.6 Å². The lowest BCUT2D eigenvalue weighted by Gasteiger charge is -2.35. The van der Waals surface area contributed by atoms with Gasteiger partial charge in [-0.3, -0.25) is 4.79 Å². The number of nitrogens with one attached hydrogen (secondary N) is 2. The minimum Gasteiger partial charge on any atom is -0.367 e. The molecule has 0 radical (unpaired) electrons. The van der Waals surface area contributed by atoms with E-state index in [2.05, 4.69) is 24.5 Å². The van der Waals surface area contributed by atoms with E-state index in [1.165, 1.54) is 12.1 Å². The molecule has 0 bridgehead atoms. The Kier molecular flexibility index (Phi) is 5.70. The molecule has 1 heterocycles. The zero-order valence-electron chi connectivity index (χ0n) is 12.6. The predicted octanol–water partition coefficient (Wildman–Crippen LogP) is 2.70. The van der Waals surface area contributed by atoms with Crippen molar-refractivity contribution in [3.05, 3.63) is 30.1 Å². The average molecular weight is 294 g/mol. The maximum atomic E-state index is 13.4. The highest BCUT2D eigenvalue weighted by Crippen LogP contribution is 2.19. The van der Waals surface area contributed by atoms with Crippen molar-refractivity contribution in [3.63, 3.8) is 0 Å². The van der Waals surface area contributed by atoms with Gasteiger partial charge in [0.2, 0.25) is 5.91 Å². The van der Waals surface area contributed by atoms with Crippen molar-refractivity contribution in [3.8, 4) is 0 Å². The van der Waals surface area contributed by atoms with Gasteiger partial charge in [0.25, 0.3) is 0 Å². The molecule has 4 nitrogen and oxygen atoms in total. The summed E-state index contributed by atoms with van der Waals surface area (Å²) in [7, 11) is 0. The van der Waals surface area contributed by atoms with Gasteiger partial charge in [-0.15, -0.1) is 0 Å². The van der Waals surface area contributed by atoms with E-state index < -0.39 is 5.82 Å². The van der Waals surface area contributed by atoms with E-state index in [4.69, 9.17) is 4.74 Å². The molecule has 1 amide bonds. The largest absolute Gasteiger partial charge is 0.367 e. The lowest BCUT2D eigenvalue weighted by atomic mass is 9.95. The fourth-order valence-electron chi connectivity index (χ4n) is 2.68. The maximum absolute atomic E-state index is 13.4. The van der Waals surface area contributed by atoms with Gasteiger partial charge in [-0.05, 0) is 38.3 Å². The first-order chi connectivity index (χ1) is 10.1. The third-order valence-electron chi connectivity index (χ3n) is 3.85. The van der Waals surface area contributed by atoms with Gasteiger partial charge >= 0.3 is 0 Å². The lowest BCUT2D eigenvalue weighted by molar-refractivity contribution is -0.124. The topological polar surface area (TPSA) is 50.4 Å². The van der Waals surface area contributed by atoms with Gasteiger partial charge in [-0.2, -0.15) is 0 Å². The van der Waals surface area contributed by atoms with Crippen LogP contribution in [0.2, 0.25) is 0 Å². The number of para-hydroxylation sites is 1. The number of piperidine rings is 1. The van der Waals surface area contributed by atoms with Crippen LogP contribution >= 0.6 is 0 Å². The van der Waals surface area contributed by atoms with E-state index in [-0.39, 0.29) is 30.3 Å². The number of rotatable bonds is 5. The summed E-state index contributed by atoms with van der Waals surface area (Å²) in [6.07, 6.45) is 2.98. The van der Waals surface area contributed by atoms with Gasteiger partial charge < -0.3 is 15.4 Å². The van der Waals surface area contributed by atoms with Gasteiger partial charge in [-0.1, -0.05) is 19.1 Å².